The standard InChI is InChI=1S/C37H37N3O5S2/c1-24(33(41)40-36-32(37(44)45-2)29-20-11-3-4-12-21-31(29)47-36)46-28-19-13-18-27(23-28)38-35(43)30(22-25-14-7-5-8-15-25)39-34(42)26-16-9-6-10-17-26/h5-10,13-19,22-24H,3-4,11-12,20-21H2,1-2H3,(H,38,43)(H,39,42)(H,40,41)/b30-22-. The molecular weight excluding hydrogens is 631 g/mol. The molecule has 3 aromatic carbocycles. The topological polar surface area (TPSA) is 114 Å². The first-order valence-electron chi connectivity index (χ1n) is 15.6. The number of thiophene rings is 1. The van der Waals surface area contributed by atoms with E-state index >= 15 is 0 Å². The van der Waals surface area contributed by atoms with Crippen LogP contribution in [0.1, 0.15) is 69.3 Å². The molecule has 1 aliphatic carbocycles. The molecule has 1 heterocycles. The zero-order valence-corrected chi connectivity index (χ0v) is 28.0. The Bertz CT molecular complexity index is 1770. The molecule has 0 spiro atoms. The minimum Gasteiger partial charge on any atom is -0.465 e. The van der Waals surface area contributed by atoms with Gasteiger partial charge in [-0.05, 0) is 80.1 Å². The lowest BCUT2D eigenvalue weighted by molar-refractivity contribution is -0.115. The summed E-state index contributed by atoms with van der Waals surface area (Å²) in [5.74, 6) is -1.56. The van der Waals surface area contributed by atoms with Crippen LogP contribution in [0.25, 0.3) is 6.08 Å². The second-order valence-corrected chi connectivity index (χ2v) is 13.7. The van der Waals surface area contributed by atoms with Crippen LogP contribution in [0.3, 0.4) is 0 Å². The second kappa shape index (κ2) is 16.2. The Balaban J connectivity index is 1.28. The fourth-order valence-corrected chi connectivity index (χ4v) is 7.51. The van der Waals surface area contributed by atoms with Crippen LogP contribution in [0.5, 0.6) is 0 Å². The summed E-state index contributed by atoms with van der Waals surface area (Å²) in [4.78, 5) is 54.5. The third kappa shape index (κ3) is 8.99. The van der Waals surface area contributed by atoms with Gasteiger partial charge in [0.15, 0.2) is 0 Å². The molecule has 1 atom stereocenters. The van der Waals surface area contributed by atoms with Crippen molar-refractivity contribution in [2.75, 3.05) is 17.7 Å². The number of carbonyl (C=O) groups is 4. The number of ether oxygens (including phenoxy) is 1. The number of benzene rings is 3. The lowest BCUT2D eigenvalue weighted by Gasteiger charge is -2.14. The monoisotopic (exact) mass is 667 g/mol. The van der Waals surface area contributed by atoms with Gasteiger partial charge in [-0.3, -0.25) is 14.4 Å². The molecule has 8 nitrogen and oxygen atoms in total. The molecule has 0 saturated carbocycles. The number of amides is 3. The number of hydrogen-bond donors (Lipinski definition) is 3. The van der Waals surface area contributed by atoms with E-state index in [1.807, 2.05) is 42.5 Å². The van der Waals surface area contributed by atoms with Gasteiger partial charge in [0.25, 0.3) is 11.8 Å². The predicted molar refractivity (Wildman–Crippen MR) is 189 cm³/mol. The van der Waals surface area contributed by atoms with Crippen LogP contribution in [0.2, 0.25) is 0 Å². The number of rotatable bonds is 10. The van der Waals surface area contributed by atoms with Crippen molar-refractivity contribution in [3.8, 4) is 0 Å². The Morgan fingerprint density at radius 1 is 0.851 bits per heavy atom. The van der Waals surface area contributed by atoms with Crippen molar-refractivity contribution in [2.24, 2.45) is 0 Å². The van der Waals surface area contributed by atoms with Crippen molar-refractivity contribution < 1.29 is 23.9 Å². The molecule has 0 saturated heterocycles. The van der Waals surface area contributed by atoms with Gasteiger partial charge in [-0.15, -0.1) is 23.1 Å². The molecule has 10 heteroatoms. The number of fused-ring (bicyclic) bond motifs is 1. The van der Waals surface area contributed by atoms with Gasteiger partial charge in [-0.1, -0.05) is 67.4 Å². The normalized spacial score (nSPS) is 13.7. The van der Waals surface area contributed by atoms with Gasteiger partial charge in [0, 0.05) is 21.0 Å². The summed E-state index contributed by atoms with van der Waals surface area (Å²) in [7, 11) is 1.36. The summed E-state index contributed by atoms with van der Waals surface area (Å²) in [6, 6.07) is 25.1. The first kappa shape index (κ1) is 33.7. The van der Waals surface area contributed by atoms with Crippen LogP contribution in [0.15, 0.2) is 95.5 Å². The van der Waals surface area contributed by atoms with Gasteiger partial charge in [-0.2, -0.15) is 0 Å². The minimum absolute atomic E-state index is 0.0855. The Labute approximate surface area is 283 Å². The lowest BCUT2D eigenvalue weighted by Crippen LogP contribution is -2.30. The van der Waals surface area contributed by atoms with Crippen LogP contribution in [-0.2, 0) is 27.2 Å². The molecule has 1 unspecified atom stereocenters. The van der Waals surface area contributed by atoms with Gasteiger partial charge in [0.2, 0.25) is 5.91 Å². The summed E-state index contributed by atoms with van der Waals surface area (Å²) >= 11 is 2.80. The zero-order valence-electron chi connectivity index (χ0n) is 26.3. The summed E-state index contributed by atoms with van der Waals surface area (Å²) < 4.78 is 5.10. The number of thioether (sulfide) groups is 1. The van der Waals surface area contributed by atoms with E-state index in [1.54, 1.807) is 55.5 Å². The van der Waals surface area contributed by atoms with Crippen molar-refractivity contribution in [3.63, 3.8) is 0 Å². The van der Waals surface area contributed by atoms with Crippen LogP contribution < -0.4 is 16.0 Å². The maximum atomic E-state index is 13.5. The molecule has 4 aromatic rings. The minimum atomic E-state index is -0.505. The lowest BCUT2D eigenvalue weighted by atomic mass is 9.96. The van der Waals surface area contributed by atoms with Crippen LogP contribution >= 0.6 is 23.1 Å². The Morgan fingerprint density at radius 2 is 1.55 bits per heavy atom. The Kier molecular flexibility index (Phi) is 11.6. The molecule has 3 amide bonds. The second-order valence-electron chi connectivity index (χ2n) is 11.1. The van der Waals surface area contributed by atoms with Gasteiger partial charge < -0.3 is 20.7 Å². The highest BCUT2D eigenvalue weighted by atomic mass is 32.2. The van der Waals surface area contributed by atoms with E-state index in [1.165, 1.54) is 30.2 Å². The van der Waals surface area contributed by atoms with Gasteiger partial charge in [0.1, 0.15) is 10.7 Å². The van der Waals surface area contributed by atoms with Gasteiger partial charge >= 0.3 is 5.97 Å². The molecular formula is C37H37N3O5S2. The highest BCUT2D eigenvalue weighted by Gasteiger charge is 2.27. The number of methoxy groups -OCH3 is 1. The van der Waals surface area contributed by atoms with Crippen molar-refractivity contribution in [2.45, 2.75) is 55.6 Å². The third-order valence-corrected chi connectivity index (χ3v) is 10.0. The molecule has 0 aliphatic heterocycles. The maximum absolute atomic E-state index is 13.5. The highest BCUT2D eigenvalue weighted by Crippen LogP contribution is 2.38. The quantitative estimate of drug-likeness (QED) is 0.0907. The first-order valence-corrected chi connectivity index (χ1v) is 17.3. The molecule has 3 N–H and O–H groups in total. The van der Waals surface area contributed by atoms with E-state index in [-0.39, 0.29) is 11.6 Å². The molecule has 0 bridgehead atoms. The molecule has 47 heavy (non-hydrogen) atoms. The first-order chi connectivity index (χ1) is 22.8. The largest absolute Gasteiger partial charge is 0.465 e. The van der Waals surface area contributed by atoms with Crippen molar-refractivity contribution >= 4 is 63.6 Å². The Morgan fingerprint density at radius 3 is 2.28 bits per heavy atom. The summed E-state index contributed by atoms with van der Waals surface area (Å²) in [6.45, 7) is 1.80. The van der Waals surface area contributed by atoms with E-state index in [2.05, 4.69) is 16.0 Å². The SMILES string of the molecule is COC(=O)c1c(NC(=O)C(C)Sc2cccc(NC(=O)/C(=C/c3ccccc3)NC(=O)c3ccccc3)c2)sc2c1CCCCCC2. The molecule has 5 rings (SSSR count). The summed E-state index contributed by atoms with van der Waals surface area (Å²) in [5.41, 5.74) is 3.25. The van der Waals surface area contributed by atoms with Crippen molar-refractivity contribution in [3.05, 3.63) is 118 Å². The summed E-state index contributed by atoms with van der Waals surface area (Å²) in [5, 5.41) is 8.66. The number of carbonyl (C=O) groups excluding carboxylic acids is 4. The van der Waals surface area contributed by atoms with Gasteiger partial charge in [-0.25, -0.2) is 4.79 Å². The van der Waals surface area contributed by atoms with Crippen molar-refractivity contribution in [1.82, 2.24) is 5.32 Å². The van der Waals surface area contributed by atoms with E-state index < -0.39 is 23.0 Å². The number of anilines is 2. The molecule has 242 valence electrons. The highest BCUT2D eigenvalue weighted by molar-refractivity contribution is 8.00. The number of esters is 1. The summed E-state index contributed by atoms with van der Waals surface area (Å²) in [6.07, 6.45) is 7.65. The van der Waals surface area contributed by atoms with E-state index in [4.69, 9.17) is 4.74 Å². The molecule has 1 aromatic heterocycles. The number of hydrogen-bond acceptors (Lipinski definition) is 7. The van der Waals surface area contributed by atoms with Crippen LogP contribution in [0, 0.1) is 0 Å². The smallest absolute Gasteiger partial charge is 0.341 e. The molecule has 1 aliphatic rings. The van der Waals surface area contributed by atoms with E-state index in [0.717, 1.165) is 59.4 Å². The van der Waals surface area contributed by atoms with Crippen molar-refractivity contribution in [1.29, 1.82) is 0 Å². The van der Waals surface area contributed by atoms with Crippen LogP contribution in [-0.4, -0.2) is 36.1 Å². The maximum Gasteiger partial charge on any atom is 0.341 e. The van der Waals surface area contributed by atoms with Crippen LogP contribution in [0.4, 0.5) is 10.7 Å². The predicted octanol–water partition coefficient (Wildman–Crippen LogP) is 7.72. The third-order valence-electron chi connectivity index (χ3n) is 7.71. The fraction of sp³-hybridized carbons (Fsp3) is 0.243. The molecule has 0 radical (unpaired) electrons. The Hall–Kier alpha value is -4.67. The number of nitrogens with one attached hydrogen (secondary N) is 3. The fourth-order valence-electron chi connectivity index (χ4n) is 5.30. The van der Waals surface area contributed by atoms with E-state index in [9.17, 15) is 19.2 Å². The van der Waals surface area contributed by atoms with Gasteiger partial charge in [0.05, 0.1) is 17.9 Å². The average molecular weight is 668 g/mol. The number of aryl methyl sites for hydroxylation is 1. The van der Waals surface area contributed by atoms with E-state index in [0.29, 0.717) is 21.8 Å². The zero-order chi connectivity index (χ0) is 33.2. The average Bonchev–Trinajstić information content (AvgIpc) is 3.40. The molecule has 0 fully saturated rings.